The van der Waals surface area contributed by atoms with Gasteiger partial charge in [0.25, 0.3) is 0 Å². The second kappa shape index (κ2) is 8.11. The van der Waals surface area contributed by atoms with Crippen LogP contribution in [0.3, 0.4) is 0 Å². The maximum absolute atomic E-state index is 12.2. The summed E-state index contributed by atoms with van der Waals surface area (Å²) in [6, 6.07) is 18.2. The Morgan fingerprint density at radius 1 is 0.931 bits per heavy atom. The van der Waals surface area contributed by atoms with Crippen molar-refractivity contribution in [1.82, 2.24) is 0 Å². The zero-order valence-electron chi connectivity index (χ0n) is 15.3. The zero-order chi connectivity index (χ0) is 20.5. The summed E-state index contributed by atoms with van der Waals surface area (Å²) in [5, 5.41) is 2.06. The molecule has 0 atom stereocenters. The highest BCUT2D eigenvalue weighted by Gasteiger charge is 2.15. The first-order valence-corrected chi connectivity index (χ1v) is 9.97. The van der Waals surface area contributed by atoms with Crippen molar-refractivity contribution in [3.8, 4) is 16.9 Å². The summed E-state index contributed by atoms with van der Waals surface area (Å²) in [5.41, 5.74) is 3.13. The molecule has 0 fully saturated rings. The van der Waals surface area contributed by atoms with E-state index in [2.05, 4.69) is 0 Å². The molecule has 0 unspecified atom stereocenters. The van der Waals surface area contributed by atoms with Gasteiger partial charge in [-0.2, -0.15) is 0 Å². The molecule has 4 aromatic rings. The number of ether oxygens (including phenoxy) is 1. The first-order chi connectivity index (χ1) is 14.0. The molecule has 0 amide bonds. The number of benzene rings is 3. The monoisotopic (exact) mass is 444 g/mol. The van der Waals surface area contributed by atoms with E-state index < -0.39 is 5.63 Å². The molecule has 6 heteroatoms. The van der Waals surface area contributed by atoms with Crippen molar-refractivity contribution in [3.63, 3.8) is 0 Å². The van der Waals surface area contributed by atoms with Gasteiger partial charge >= 0.3 is 5.63 Å². The van der Waals surface area contributed by atoms with Crippen molar-refractivity contribution in [2.75, 3.05) is 0 Å². The van der Waals surface area contributed by atoms with E-state index in [1.807, 2.05) is 49.4 Å². The van der Waals surface area contributed by atoms with Crippen LogP contribution in [0.2, 0.25) is 15.1 Å². The van der Waals surface area contributed by atoms with Gasteiger partial charge in [-0.1, -0.05) is 65.1 Å². The highest BCUT2D eigenvalue weighted by molar-refractivity contribution is 6.44. The third-order valence-corrected chi connectivity index (χ3v) is 5.90. The van der Waals surface area contributed by atoms with Gasteiger partial charge in [0.1, 0.15) is 17.9 Å². The molecule has 1 aromatic heterocycles. The molecule has 0 aliphatic carbocycles. The van der Waals surface area contributed by atoms with Gasteiger partial charge in [-0.15, -0.1) is 0 Å². The van der Waals surface area contributed by atoms with E-state index in [1.165, 1.54) is 6.07 Å². The number of hydrogen-bond acceptors (Lipinski definition) is 3. The molecule has 0 N–H and O–H groups in total. The predicted molar refractivity (Wildman–Crippen MR) is 118 cm³/mol. The maximum atomic E-state index is 12.2. The fourth-order valence-corrected chi connectivity index (χ4v) is 3.86. The van der Waals surface area contributed by atoms with E-state index in [0.29, 0.717) is 37.5 Å². The van der Waals surface area contributed by atoms with Crippen molar-refractivity contribution in [2.45, 2.75) is 13.5 Å². The fourth-order valence-electron chi connectivity index (χ4n) is 3.21. The van der Waals surface area contributed by atoms with Gasteiger partial charge in [0.2, 0.25) is 0 Å². The summed E-state index contributed by atoms with van der Waals surface area (Å²) >= 11 is 18.6. The van der Waals surface area contributed by atoms with Crippen LogP contribution >= 0.6 is 34.8 Å². The number of halogens is 3. The van der Waals surface area contributed by atoms with Gasteiger partial charge in [0.05, 0.1) is 10.0 Å². The quantitative estimate of drug-likeness (QED) is 0.244. The van der Waals surface area contributed by atoms with Crippen LogP contribution < -0.4 is 10.4 Å². The maximum Gasteiger partial charge on any atom is 0.336 e. The molecule has 0 spiro atoms. The zero-order valence-corrected chi connectivity index (χ0v) is 17.6. The molecule has 3 nitrogen and oxygen atoms in total. The van der Waals surface area contributed by atoms with Crippen molar-refractivity contribution < 1.29 is 9.15 Å². The van der Waals surface area contributed by atoms with Gasteiger partial charge in [-0.05, 0) is 42.3 Å². The lowest BCUT2D eigenvalue weighted by Crippen LogP contribution is -2.02. The summed E-state index contributed by atoms with van der Waals surface area (Å²) in [5.74, 6) is 0.568. The van der Waals surface area contributed by atoms with Crippen LogP contribution in [-0.2, 0) is 6.61 Å². The Hall–Kier alpha value is -2.46. The third kappa shape index (κ3) is 3.86. The van der Waals surface area contributed by atoms with E-state index in [-0.39, 0.29) is 6.61 Å². The highest BCUT2D eigenvalue weighted by Crippen LogP contribution is 2.35. The predicted octanol–water partition coefficient (Wildman–Crippen LogP) is 7.31. The minimum atomic E-state index is -0.419. The summed E-state index contributed by atoms with van der Waals surface area (Å²) in [7, 11) is 0. The van der Waals surface area contributed by atoms with Crippen LogP contribution in [0.4, 0.5) is 0 Å². The molecule has 4 rings (SSSR count). The lowest BCUT2D eigenvalue weighted by molar-refractivity contribution is 0.304. The molecular formula is C23H15Cl3O3. The van der Waals surface area contributed by atoms with Crippen LogP contribution in [0.5, 0.6) is 5.75 Å². The molecule has 3 aromatic carbocycles. The second-order valence-electron chi connectivity index (χ2n) is 6.52. The number of rotatable bonds is 4. The molecule has 0 radical (unpaired) electrons. The molecule has 146 valence electrons. The van der Waals surface area contributed by atoms with Gasteiger partial charge in [0, 0.05) is 27.6 Å². The first-order valence-electron chi connectivity index (χ1n) is 8.84. The Bertz CT molecular complexity index is 1260. The van der Waals surface area contributed by atoms with Crippen LogP contribution in [-0.4, -0.2) is 0 Å². The van der Waals surface area contributed by atoms with E-state index in [4.69, 9.17) is 44.0 Å². The standard InChI is InChI=1S/C23H15Cl3O3/c1-13-20(28-12-17-18(24)8-9-19(25)22(17)26)10-7-15-16(11-21(27)29-23(13)15)14-5-3-2-4-6-14/h2-11H,12H2,1H3. The SMILES string of the molecule is Cc1c(OCc2c(Cl)ccc(Cl)c2Cl)ccc2c(-c3ccccc3)cc(=O)oc12. The van der Waals surface area contributed by atoms with Crippen molar-refractivity contribution in [1.29, 1.82) is 0 Å². The van der Waals surface area contributed by atoms with Gasteiger partial charge < -0.3 is 9.15 Å². The second-order valence-corrected chi connectivity index (χ2v) is 7.71. The molecule has 29 heavy (non-hydrogen) atoms. The van der Waals surface area contributed by atoms with Crippen LogP contribution in [0.1, 0.15) is 11.1 Å². The summed E-state index contributed by atoms with van der Waals surface area (Å²) in [6.45, 7) is 1.98. The number of hydrogen-bond donors (Lipinski definition) is 0. The molecule has 0 saturated heterocycles. The molecule has 0 bridgehead atoms. The van der Waals surface area contributed by atoms with E-state index in [1.54, 1.807) is 12.1 Å². The Labute approximate surface area is 182 Å². The molecule has 1 heterocycles. The summed E-state index contributed by atoms with van der Waals surface area (Å²) < 4.78 is 11.4. The van der Waals surface area contributed by atoms with Crippen LogP contribution in [0.15, 0.2) is 69.9 Å². The van der Waals surface area contributed by atoms with Gasteiger partial charge in [0.15, 0.2) is 0 Å². The lowest BCUT2D eigenvalue weighted by Gasteiger charge is -2.14. The van der Waals surface area contributed by atoms with Crippen molar-refractivity contribution in [2.24, 2.45) is 0 Å². The van der Waals surface area contributed by atoms with Crippen molar-refractivity contribution in [3.05, 3.63) is 97.3 Å². The summed E-state index contributed by atoms with van der Waals surface area (Å²) in [6.07, 6.45) is 0. The molecule has 0 saturated carbocycles. The largest absolute Gasteiger partial charge is 0.488 e. The van der Waals surface area contributed by atoms with Gasteiger partial charge in [-0.3, -0.25) is 0 Å². The Balaban J connectivity index is 1.76. The normalized spacial score (nSPS) is 11.0. The highest BCUT2D eigenvalue weighted by atomic mass is 35.5. The number of fused-ring (bicyclic) bond motifs is 1. The van der Waals surface area contributed by atoms with Crippen molar-refractivity contribution >= 4 is 45.8 Å². The minimum absolute atomic E-state index is 0.132. The molecular weight excluding hydrogens is 431 g/mol. The van der Waals surface area contributed by atoms with E-state index in [0.717, 1.165) is 16.5 Å². The number of aryl methyl sites for hydroxylation is 1. The Kier molecular flexibility index (Phi) is 5.55. The topological polar surface area (TPSA) is 39.4 Å². The van der Waals surface area contributed by atoms with E-state index in [9.17, 15) is 4.79 Å². The lowest BCUT2D eigenvalue weighted by atomic mass is 10.0. The molecule has 0 aliphatic rings. The van der Waals surface area contributed by atoms with Gasteiger partial charge in [-0.25, -0.2) is 4.79 Å². The fraction of sp³-hybridized carbons (Fsp3) is 0.0870. The summed E-state index contributed by atoms with van der Waals surface area (Å²) in [4.78, 5) is 12.2. The van der Waals surface area contributed by atoms with Crippen LogP contribution in [0, 0.1) is 6.92 Å². The average Bonchev–Trinajstić information content (AvgIpc) is 2.73. The average molecular weight is 446 g/mol. The van der Waals surface area contributed by atoms with Crippen LogP contribution in [0.25, 0.3) is 22.1 Å². The van der Waals surface area contributed by atoms with E-state index >= 15 is 0 Å². The molecule has 0 aliphatic heterocycles. The first kappa shape index (κ1) is 19.8. The smallest absolute Gasteiger partial charge is 0.336 e. The Morgan fingerprint density at radius 2 is 1.66 bits per heavy atom. The third-order valence-electron chi connectivity index (χ3n) is 4.71. The minimum Gasteiger partial charge on any atom is -0.488 e. The Morgan fingerprint density at radius 3 is 2.41 bits per heavy atom.